The van der Waals surface area contributed by atoms with Gasteiger partial charge in [0.05, 0.1) is 18.2 Å². The van der Waals surface area contributed by atoms with Crippen molar-refractivity contribution in [3.8, 4) is 11.8 Å². The largest absolute Gasteiger partial charge is 0.506 e. The van der Waals surface area contributed by atoms with Gasteiger partial charge >= 0.3 is 0 Å². The number of amides is 1. The lowest BCUT2D eigenvalue weighted by atomic mass is 10.1. The first-order chi connectivity index (χ1) is 9.60. The smallest absolute Gasteiger partial charge is 0.255 e. The molecule has 0 fully saturated rings. The average molecular weight is 287 g/mol. The number of nitriles is 1. The van der Waals surface area contributed by atoms with E-state index in [1.54, 1.807) is 24.3 Å². The van der Waals surface area contributed by atoms with Crippen LogP contribution in [0.3, 0.4) is 0 Å². The van der Waals surface area contributed by atoms with Gasteiger partial charge in [0.2, 0.25) is 0 Å². The lowest BCUT2D eigenvalue weighted by molar-refractivity contribution is 0.102. The summed E-state index contributed by atoms with van der Waals surface area (Å²) in [6.07, 6.45) is 0.303. The standard InChI is InChI=1S/C15H11ClN2O2/c16-12-5-6-14(19)13(9-12)18-15(20)11-3-1-10(2-4-11)7-8-17/h1-6,9,19H,7H2,(H,18,20). The highest BCUT2D eigenvalue weighted by molar-refractivity contribution is 6.31. The average Bonchev–Trinajstić information content (AvgIpc) is 2.44. The van der Waals surface area contributed by atoms with E-state index in [1.165, 1.54) is 18.2 Å². The Morgan fingerprint density at radius 1 is 1.25 bits per heavy atom. The number of phenolic OH excluding ortho intramolecular Hbond substituents is 1. The molecule has 0 aliphatic carbocycles. The predicted octanol–water partition coefficient (Wildman–Crippen LogP) is 3.36. The fourth-order valence-corrected chi connectivity index (χ4v) is 1.84. The van der Waals surface area contributed by atoms with Crippen LogP contribution in [-0.4, -0.2) is 11.0 Å². The molecule has 1 amide bonds. The number of halogens is 1. The van der Waals surface area contributed by atoms with Crippen molar-refractivity contribution in [2.75, 3.05) is 5.32 Å². The van der Waals surface area contributed by atoms with Crippen LogP contribution in [0.15, 0.2) is 42.5 Å². The molecule has 2 aromatic rings. The molecular weight excluding hydrogens is 276 g/mol. The van der Waals surface area contributed by atoms with Crippen LogP contribution < -0.4 is 5.32 Å². The molecule has 0 unspecified atom stereocenters. The third-order valence-electron chi connectivity index (χ3n) is 2.71. The van der Waals surface area contributed by atoms with E-state index in [0.29, 0.717) is 17.0 Å². The van der Waals surface area contributed by atoms with Crippen LogP contribution in [0.4, 0.5) is 5.69 Å². The van der Waals surface area contributed by atoms with E-state index < -0.39 is 0 Å². The SMILES string of the molecule is N#CCc1ccc(C(=O)Nc2cc(Cl)ccc2O)cc1. The van der Waals surface area contributed by atoms with Crippen molar-refractivity contribution in [3.63, 3.8) is 0 Å². The van der Waals surface area contributed by atoms with Crippen molar-refractivity contribution < 1.29 is 9.90 Å². The van der Waals surface area contributed by atoms with Crippen LogP contribution in [0, 0.1) is 11.3 Å². The van der Waals surface area contributed by atoms with Crippen molar-refractivity contribution in [2.45, 2.75) is 6.42 Å². The molecule has 0 radical (unpaired) electrons. The third-order valence-corrected chi connectivity index (χ3v) is 2.94. The molecule has 2 rings (SSSR count). The molecule has 0 atom stereocenters. The van der Waals surface area contributed by atoms with E-state index >= 15 is 0 Å². The number of nitrogens with one attached hydrogen (secondary N) is 1. The molecule has 0 aromatic heterocycles. The van der Waals surface area contributed by atoms with Crippen molar-refractivity contribution >= 4 is 23.2 Å². The van der Waals surface area contributed by atoms with Crippen molar-refractivity contribution in [1.82, 2.24) is 0 Å². The number of hydrogen-bond acceptors (Lipinski definition) is 3. The zero-order chi connectivity index (χ0) is 14.5. The first-order valence-corrected chi connectivity index (χ1v) is 6.23. The van der Waals surface area contributed by atoms with Gasteiger partial charge in [-0.15, -0.1) is 0 Å². The third kappa shape index (κ3) is 3.28. The van der Waals surface area contributed by atoms with Gasteiger partial charge in [0, 0.05) is 10.6 Å². The topological polar surface area (TPSA) is 73.1 Å². The van der Waals surface area contributed by atoms with E-state index in [0.717, 1.165) is 5.56 Å². The van der Waals surface area contributed by atoms with Crippen LogP contribution in [0.2, 0.25) is 5.02 Å². The Labute approximate surface area is 121 Å². The Bertz CT molecular complexity index is 675. The maximum Gasteiger partial charge on any atom is 0.255 e. The summed E-state index contributed by atoms with van der Waals surface area (Å²) < 4.78 is 0. The molecule has 0 spiro atoms. The number of rotatable bonds is 3. The highest BCUT2D eigenvalue weighted by atomic mass is 35.5. The quantitative estimate of drug-likeness (QED) is 0.850. The lowest BCUT2D eigenvalue weighted by Gasteiger charge is -2.08. The number of nitrogens with zero attached hydrogens (tertiary/aromatic N) is 1. The first-order valence-electron chi connectivity index (χ1n) is 5.86. The van der Waals surface area contributed by atoms with Gasteiger partial charge in [-0.3, -0.25) is 4.79 Å². The van der Waals surface area contributed by atoms with Gasteiger partial charge in [-0.2, -0.15) is 5.26 Å². The van der Waals surface area contributed by atoms with Crippen LogP contribution >= 0.6 is 11.6 Å². The van der Waals surface area contributed by atoms with E-state index in [9.17, 15) is 9.90 Å². The number of hydrogen-bond donors (Lipinski definition) is 2. The summed E-state index contributed by atoms with van der Waals surface area (Å²) in [5, 5.41) is 21.2. The zero-order valence-corrected chi connectivity index (χ0v) is 11.2. The zero-order valence-electron chi connectivity index (χ0n) is 10.4. The minimum absolute atomic E-state index is 0.0520. The van der Waals surface area contributed by atoms with Gasteiger partial charge in [0.25, 0.3) is 5.91 Å². The van der Waals surface area contributed by atoms with Crippen LogP contribution in [0.25, 0.3) is 0 Å². The van der Waals surface area contributed by atoms with Gasteiger partial charge in [0.1, 0.15) is 5.75 Å². The fourth-order valence-electron chi connectivity index (χ4n) is 1.67. The Morgan fingerprint density at radius 2 is 1.95 bits per heavy atom. The molecule has 2 aromatic carbocycles. The first kappa shape index (κ1) is 13.9. The van der Waals surface area contributed by atoms with Gasteiger partial charge in [-0.1, -0.05) is 23.7 Å². The Morgan fingerprint density at radius 3 is 2.60 bits per heavy atom. The van der Waals surface area contributed by atoms with Crippen molar-refractivity contribution in [2.24, 2.45) is 0 Å². The Balaban J connectivity index is 2.15. The number of aromatic hydroxyl groups is 1. The molecule has 0 saturated heterocycles. The Hall–Kier alpha value is -2.51. The van der Waals surface area contributed by atoms with E-state index in [-0.39, 0.29) is 17.3 Å². The van der Waals surface area contributed by atoms with Gasteiger partial charge < -0.3 is 10.4 Å². The molecule has 0 aliphatic heterocycles. The van der Waals surface area contributed by atoms with E-state index in [4.69, 9.17) is 16.9 Å². The lowest BCUT2D eigenvalue weighted by Crippen LogP contribution is -2.11. The van der Waals surface area contributed by atoms with Crippen molar-refractivity contribution in [3.05, 3.63) is 58.6 Å². The Kier molecular flexibility index (Phi) is 4.24. The molecule has 2 N–H and O–H groups in total. The second kappa shape index (κ2) is 6.09. The normalized spacial score (nSPS) is 9.80. The monoisotopic (exact) mass is 286 g/mol. The molecule has 0 bridgehead atoms. The van der Waals surface area contributed by atoms with Gasteiger partial charge in [0.15, 0.2) is 0 Å². The second-order valence-corrected chi connectivity index (χ2v) is 4.58. The van der Waals surface area contributed by atoms with Gasteiger partial charge in [-0.25, -0.2) is 0 Å². The summed E-state index contributed by atoms with van der Waals surface area (Å²) in [5.74, 6) is -0.407. The molecule has 20 heavy (non-hydrogen) atoms. The molecule has 5 heteroatoms. The molecule has 0 heterocycles. The summed E-state index contributed by atoms with van der Waals surface area (Å²) in [6.45, 7) is 0. The van der Waals surface area contributed by atoms with E-state index in [2.05, 4.69) is 5.32 Å². The number of phenols is 1. The second-order valence-electron chi connectivity index (χ2n) is 4.15. The number of carbonyl (C=O) groups is 1. The molecule has 0 saturated carbocycles. The molecular formula is C15H11ClN2O2. The van der Waals surface area contributed by atoms with E-state index in [1.807, 2.05) is 6.07 Å². The number of carbonyl (C=O) groups excluding carboxylic acids is 1. The summed E-state index contributed by atoms with van der Waals surface area (Å²) in [5.41, 5.74) is 1.53. The van der Waals surface area contributed by atoms with Crippen LogP contribution in [-0.2, 0) is 6.42 Å². The predicted molar refractivity (Wildman–Crippen MR) is 76.8 cm³/mol. The van der Waals surface area contributed by atoms with Crippen LogP contribution in [0.1, 0.15) is 15.9 Å². The number of anilines is 1. The highest BCUT2D eigenvalue weighted by Gasteiger charge is 2.09. The van der Waals surface area contributed by atoms with Gasteiger partial charge in [-0.05, 0) is 35.9 Å². The minimum Gasteiger partial charge on any atom is -0.506 e. The van der Waals surface area contributed by atoms with Crippen molar-refractivity contribution in [1.29, 1.82) is 5.26 Å². The molecule has 100 valence electrons. The highest BCUT2D eigenvalue weighted by Crippen LogP contribution is 2.26. The summed E-state index contributed by atoms with van der Waals surface area (Å²) in [7, 11) is 0. The van der Waals surface area contributed by atoms with Crippen LogP contribution in [0.5, 0.6) is 5.75 Å². The summed E-state index contributed by atoms with van der Waals surface area (Å²) in [4.78, 5) is 12.0. The maximum absolute atomic E-state index is 12.0. The molecule has 4 nitrogen and oxygen atoms in total. The maximum atomic E-state index is 12.0. The number of benzene rings is 2. The summed E-state index contributed by atoms with van der Waals surface area (Å²) in [6, 6.07) is 13.1. The minimum atomic E-state index is -0.355. The molecule has 0 aliphatic rings. The fraction of sp³-hybridized carbons (Fsp3) is 0.0667. The summed E-state index contributed by atoms with van der Waals surface area (Å²) >= 11 is 5.81.